The number of cyclic esters (lactones) is 2. The molecule has 1 unspecified atom stereocenters. The van der Waals surface area contributed by atoms with Crippen LogP contribution in [0.2, 0.25) is 5.02 Å². The van der Waals surface area contributed by atoms with Crippen LogP contribution in [0.15, 0.2) is 60.7 Å². The number of carbonyl (C=O) groups excluding carboxylic acids is 4. The molecule has 2 amide bonds. The number of carbonyl (C=O) groups is 4. The first-order valence-corrected chi connectivity index (χ1v) is 17.9. The Balaban J connectivity index is 1.69. The van der Waals surface area contributed by atoms with Crippen LogP contribution in [0.25, 0.3) is 0 Å². The average molecular weight is 743 g/mol. The lowest BCUT2D eigenvalue weighted by Gasteiger charge is -2.32. The first-order chi connectivity index (χ1) is 24.6. The molecule has 13 heteroatoms. The predicted octanol–water partition coefficient (Wildman–Crippen LogP) is 5.46. The molecule has 2 aromatic carbocycles. The summed E-state index contributed by atoms with van der Waals surface area (Å²) in [5.41, 5.74) is 0.274. The second-order valence-electron chi connectivity index (χ2n) is 14.4. The summed E-state index contributed by atoms with van der Waals surface area (Å²) in [5.74, 6) is -3.92. The van der Waals surface area contributed by atoms with E-state index >= 15 is 0 Å². The molecule has 0 saturated carbocycles. The molecule has 0 radical (unpaired) electrons. The lowest BCUT2D eigenvalue weighted by atomic mass is 9.89. The third-order valence-electron chi connectivity index (χ3n) is 9.24. The second-order valence-corrected chi connectivity index (χ2v) is 14.8. The minimum Gasteiger partial charge on any atom is -0.495 e. The van der Waals surface area contributed by atoms with E-state index in [1.165, 1.54) is 20.3 Å². The van der Waals surface area contributed by atoms with Crippen molar-refractivity contribution in [2.45, 2.75) is 97.2 Å². The van der Waals surface area contributed by atoms with Crippen LogP contribution >= 0.6 is 11.6 Å². The fourth-order valence-electron chi connectivity index (χ4n) is 6.04. The first kappa shape index (κ1) is 40.8. The van der Waals surface area contributed by atoms with E-state index in [0.717, 1.165) is 5.56 Å². The average Bonchev–Trinajstić information content (AvgIpc) is 3.47. The highest BCUT2D eigenvalue weighted by atomic mass is 35.5. The third kappa shape index (κ3) is 10.6. The van der Waals surface area contributed by atoms with Crippen LogP contribution < -0.4 is 15.4 Å². The number of hydrogen-bond acceptors (Lipinski definition) is 10. The quantitative estimate of drug-likeness (QED) is 0.318. The Morgan fingerprint density at radius 2 is 1.67 bits per heavy atom. The maximum Gasteiger partial charge on any atom is 0.347 e. The highest BCUT2D eigenvalue weighted by Crippen LogP contribution is 2.43. The summed E-state index contributed by atoms with van der Waals surface area (Å²) >= 11 is 6.35. The minimum atomic E-state index is -1.37. The van der Waals surface area contributed by atoms with Crippen LogP contribution in [0, 0.1) is 17.3 Å². The Bertz CT molecular complexity index is 1600. The maximum absolute atomic E-state index is 13.9. The Hall–Kier alpha value is -3.97. The van der Waals surface area contributed by atoms with Gasteiger partial charge in [0.25, 0.3) is 5.97 Å². The third-order valence-corrected chi connectivity index (χ3v) is 9.54. The molecule has 2 aliphatic rings. The van der Waals surface area contributed by atoms with Crippen molar-refractivity contribution in [1.82, 2.24) is 10.6 Å². The summed E-state index contributed by atoms with van der Waals surface area (Å²) in [6, 6.07) is 13.6. The molecule has 0 spiro atoms. The maximum atomic E-state index is 13.9. The highest BCUT2D eigenvalue weighted by molar-refractivity contribution is 6.32. The first-order valence-electron chi connectivity index (χ1n) is 17.5. The minimum absolute atomic E-state index is 0.0260. The fourth-order valence-corrected chi connectivity index (χ4v) is 6.32. The van der Waals surface area contributed by atoms with E-state index in [-0.39, 0.29) is 31.7 Å². The normalized spacial score (nSPS) is 28.7. The van der Waals surface area contributed by atoms with E-state index in [2.05, 4.69) is 10.6 Å². The predicted molar refractivity (Wildman–Crippen MR) is 193 cm³/mol. The van der Waals surface area contributed by atoms with Crippen molar-refractivity contribution in [3.8, 4) is 5.75 Å². The van der Waals surface area contributed by atoms with E-state index in [1.54, 1.807) is 45.0 Å². The van der Waals surface area contributed by atoms with E-state index in [0.29, 0.717) is 16.3 Å². The van der Waals surface area contributed by atoms with Gasteiger partial charge in [0.15, 0.2) is 6.10 Å². The number of halogens is 1. The number of benzene rings is 2. The molecule has 2 N–H and O–H groups in total. The van der Waals surface area contributed by atoms with Crippen LogP contribution in [0.5, 0.6) is 5.75 Å². The number of nitrogens with one attached hydrogen (secondary N) is 2. The molecule has 1 fully saturated rings. The van der Waals surface area contributed by atoms with E-state index in [9.17, 15) is 19.2 Å². The van der Waals surface area contributed by atoms with Gasteiger partial charge >= 0.3 is 11.9 Å². The monoisotopic (exact) mass is 742 g/mol. The van der Waals surface area contributed by atoms with Crippen LogP contribution in [-0.2, 0) is 49.3 Å². The van der Waals surface area contributed by atoms with Gasteiger partial charge in [-0.05, 0) is 55.5 Å². The van der Waals surface area contributed by atoms with Gasteiger partial charge < -0.3 is 39.1 Å². The molecule has 1 saturated heterocycles. The van der Waals surface area contributed by atoms with Gasteiger partial charge in [0.05, 0.1) is 23.7 Å². The zero-order chi connectivity index (χ0) is 38.2. The number of ether oxygens (including phenoxy) is 6. The number of methoxy groups -OCH3 is 2. The van der Waals surface area contributed by atoms with Crippen molar-refractivity contribution in [1.29, 1.82) is 0 Å². The topological polar surface area (TPSA) is 148 Å². The van der Waals surface area contributed by atoms with Crippen LogP contribution in [0.1, 0.15) is 71.6 Å². The number of hydrogen-bond donors (Lipinski definition) is 2. The summed E-state index contributed by atoms with van der Waals surface area (Å²) in [4.78, 5) is 54.4. The van der Waals surface area contributed by atoms with Crippen molar-refractivity contribution < 1.29 is 47.6 Å². The van der Waals surface area contributed by atoms with Crippen molar-refractivity contribution in [3.05, 3.63) is 76.8 Å². The number of rotatable bonds is 9. The SMILES string of the molecule is COc1ccc(C[C@H]2NC(=O)/C=C/C[C@@H]([C@H](C)[C@H]3OC(C)(OC)O[C@@H]3c3ccccc3)OC(=O)[C@H](CC(C)C)OC(=O)C(C)(C)CNC2=O)cc1Cl. The number of esters is 2. The molecular weight excluding hydrogens is 692 g/mol. The summed E-state index contributed by atoms with van der Waals surface area (Å²) in [7, 11) is 2.98. The van der Waals surface area contributed by atoms with E-state index in [4.69, 9.17) is 40.0 Å². The molecule has 4 rings (SSSR count). The highest BCUT2D eigenvalue weighted by Gasteiger charge is 2.50. The lowest BCUT2D eigenvalue weighted by Crippen LogP contribution is -2.51. The molecule has 52 heavy (non-hydrogen) atoms. The van der Waals surface area contributed by atoms with E-state index in [1.807, 2.05) is 51.1 Å². The summed E-state index contributed by atoms with van der Waals surface area (Å²) in [5, 5.41) is 5.90. The van der Waals surface area contributed by atoms with Gasteiger partial charge in [-0.1, -0.05) is 74.8 Å². The fraction of sp³-hybridized carbons (Fsp3) is 0.538. The second kappa shape index (κ2) is 17.7. The molecule has 2 aliphatic heterocycles. The smallest absolute Gasteiger partial charge is 0.347 e. The lowest BCUT2D eigenvalue weighted by molar-refractivity contribution is -0.321. The summed E-state index contributed by atoms with van der Waals surface area (Å²) < 4.78 is 35.4. The summed E-state index contributed by atoms with van der Waals surface area (Å²) in [6.07, 6.45) is -0.0340. The van der Waals surface area contributed by atoms with Crippen molar-refractivity contribution in [3.63, 3.8) is 0 Å². The molecule has 12 nitrogen and oxygen atoms in total. The van der Waals surface area contributed by atoms with Gasteiger partial charge in [0.2, 0.25) is 11.8 Å². The van der Waals surface area contributed by atoms with Gasteiger partial charge in [-0.3, -0.25) is 14.4 Å². The molecule has 2 heterocycles. The molecule has 0 bridgehead atoms. The zero-order valence-corrected chi connectivity index (χ0v) is 31.9. The molecule has 2 aromatic rings. The van der Waals surface area contributed by atoms with E-state index < -0.39 is 71.5 Å². The Labute approximate surface area is 310 Å². The molecular formula is C39H51ClN2O10. The molecule has 7 atom stereocenters. The van der Waals surface area contributed by atoms with Crippen LogP contribution in [0.4, 0.5) is 0 Å². The molecule has 0 aromatic heterocycles. The number of amides is 2. The summed E-state index contributed by atoms with van der Waals surface area (Å²) in [6.45, 7) is 10.4. The van der Waals surface area contributed by atoms with Gasteiger partial charge in [-0.15, -0.1) is 0 Å². The van der Waals surface area contributed by atoms with Crippen molar-refractivity contribution in [2.75, 3.05) is 20.8 Å². The van der Waals surface area contributed by atoms with Crippen LogP contribution in [-0.4, -0.2) is 74.8 Å². The zero-order valence-electron chi connectivity index (χ0n) is 31.1. The standard InChI is InChI=1S/C39H51ClN2O10/c1-23(2)19-31-36(45)49-29(24(3)33-34(26-13-10-9-11-14-26)52-39(6,48-8)51-33)15-12-16-32(43)42-28(21-25-17-18-30(47-7)27(40)20-25)35(44)41-22-38(4,5)37(46)50-31/h9-14,16-18,20,23-24,28-29,31,33-34H,15,19,21-22H2,1-8H3,(H,41,44)(H,42,43)/b16-12+/t24-,28+,29-,31-,33+,34+,39?/m0/s1. The Morgan fingerprint density at radius 3 is 2.31 bits per heavy atom. The van der Waals surface area contributed by atoms with Gasteiger partial charge in [-0.25, -0.2) is 4.79 Å². The van der Waals surface area contributed by atoms with Crippen LogP contribution in [0.3, 0.4) is 0 Å². The van der Waals surface area contributed by atoms with Crippen molar-refractivity contribution in [2.24, 2.45) is 17.3 Å². The van der Waals surface area contributed by atoms with Gasteiger partial charge in [0, 0.05) is 39.3 Å². The van der Waals surface area contributed by atoms with Gasteiger partial charge in [-0.2, -0.15) is 0 Å². The molecule has 0 aliphatic carbocycles. The Kier molecular flexibility index (Phi) is 13.9. The molecule has 284 valence electrons. The largest absolute Gasteiger partial charge is 0.495 e. The Morgan fingerprint density at radius 1 is 0.962 bits per heavy atom. The van der Waals surface area contributed by atoms with Crippen molar-refractivity contribution >= 4 is 35.4 Å². The van der Waals surface area contributed by atoms with Gasteiger partial charge in [0.1, 0.15) is 24.0 Å².